The van der Waals surface area contributed by atoms with E-state index in [0.717, 1.165) is 31.9 Å². The molecule has 1 aromatic heterocycles. The molecule has 3 rings (SSSR count). The van der Waals surface area contributed by atoms with Crippen LogP contribution in [0.3, 0.4) is 0 Å². The van der Waals surface area contributed by atoms with E-state index in [4.69, 9.17) is 0 Å². The van der Waals surface area contributed by atoms with Crippen molar-refractivity contribution in [3.63, 3.8) is 0 Å². The standard InChI is InChI=1S/C19H25N5O/c1-14(2)15-4-6-16(7-5-15)21-19-20-9-8-17(22-19)18(25)24-12-10-23(3)11-13-24/h4-9,14H,10-13H2,1-3H3,(H,20,21,22). The number of piperazine rings is 1. The summed E-state index contributed by atoms with van der Waals surface area (Å²) in [6.07, 6.45) is 1.63. The van der Waals surface area contributed by atoms with Crippen molar-refractivity contribution in [2.45, 2.75) is 19.8 Å². The van der Waals surface area contributed by atoms with Gasteiger partial charge in [0, 0.05) is 38.1 Å². The molecule has 2 aromatic rings. The third-order valence-electron chi connectivity index (χ3n) is 4.50. The van der Waals surface area contributed by atoms with Gasteiger partial charge in [0.15, 0.2) is 0 Å². The fraction of sp³-hybridized carbons (Fsp3) is 0.421. The average molecular weight is 339 g/mol. The maximum absolute atomic E-state index is 12.6. The summed E-state index contributed by atoms with van der Waals surface area (Å²) in [4.78, 5) is 25.3. The minimum Gasteiger partial charge on any atom is -0.335 e. The van der Waals surface area contributed by atoms with Crippen molar-refractivity contribution in [3.8, 4) is 0 Å². The zero-order chi connectivity index (χ0) is 17.8. The fourth-order valence-corrected chi connectivity index (χ4v) is 2.79. The largest absolute Gasteiger partial charge is 0.335 e. The third kappa shape index (κ3) is 4.33. The van der Waals surface area contributed by atoms with E-state index in [1.54, 1.807) is 12.3 Å². The quantitative estimate of drug-likeness (QED) is 0.928. The number of amides is 1. The van der Waals surface area contributed by atoms with E-state index in [9.17, 15) is 4.79 Å². The summed E-state index contributed by atoms with van der Waals surface area (Å²) in [6, 6.07) is 9.87. The Bertz CT molecular complexity index is 721. The number of hydrogen-bond donors (Lipinski definition) is 1. The molecule has 2 heterocycles. The number of rotatable bonds is 4. The third-order valence-corrected chi connectivity index (χ3v) is 4.50. The second-order valence-electron chi connectivity index (χ2n) is 6.76. The molecule has 132 valence electrons. The average Bonchev–Trinajstić information content (AvgIpc) is 2.62. The second kappa shape index (κ2) is 7.61. The first-order valence-electron chi connectivity index (χ1n) is 8.71. The lowest BCUT2D eigenvalue weighted by atomic mass is 10.0. The summed E-state index contributed by atoms with van der Waals surface area (Å²) < 4.78 is 0. The maximum atomic E-state index is 12.6. The van der Waals surface area contributed by atoms with Crippen LogP contribution in [-0.4, -0.2) is 58.9 Å². The number of aromatic nitrogens is 2. The highest BCUT2D eigenvalue weighted by Crippen LogP contribution is 2.19. The van der Waals surface area contributed by atoms with Gasteiger partial charge in [-0.2, -0.15) is 0 Å². The lowest BCUT2D eigenvalue weighted by Crippen LogP contribution is -2.47. The van der Waals surface area contributed by atoms with Gasteiger partial charge in [-0.05, 0) is 36.7 Å². The molecule has 0 atom stereocenters. The minimum absolute atomic E-state index is 0.0336. The molecule has 1 fully saturated rings. The van der Waals surface area contributed by atoms with Crippen molar-refractivity contribution in [2.24, 2.45) is 0 Å². The monoisotopic (exact) mass is 339 g/mol. The Hall–Kier alpha value is -2.47. The topological polar surface area (TPSA) is 61.4 Å². The predicted octanol–water partition coefficient (Wildman–Crippen LogP) is 2.73. The molecule has 0 saturated carbocycles. The molecular formula is C19H25N5O. The van der Waals surface area contributed by atoms with E-state index in [-0.39, 0.29) is 5.91 Å². The molecule has 0 bridgehead atoms. The van der Waals surface area contributed by atoms with Crippen LogP contribution in [0.5, 0.6) is 0 Å². The summed E-state index contributed by atoms with van der Waals surface area (Å²) in [5, 5.41) is 3.17. The molecule has 6 heteroatoms. The Kier molecular flexibility index (Phi) is 5.28. The van der Waals surface area contributed by atoms with Gasteiger partial charge < -0.3 is 15.1 Å². The number of nitrogens with one attached hydrogen (secondary N) is 1. The van der Waals surface area contributed by atoms with E-state index in [2.05, 4.69) is 53.2 Å². The van der Waals surface area contributed by atoms with Crippen LogP contribution in [-0.2, 0) is 0 Å². The Morgan fingerprint density at radius 1 is 1.08 bits per heavy atom. The van der Waals surface area contributed by atoms with E-state index in [1.807, 2.05) is 17.0 Å². The first-order valence-corrected chi connectivity index (χ1v) is 8.71. The van der Waals surface area contributed by atoms with Gasteiger partial charge in [0.2, 0.25) is 5.95 Å². The number of anilines is 2. The first-order chi connectivity index (χ1) is 12.0. The van der Waals surface area contributed by atoms with Gasteiger partial charge in [-0.1, -0.05) is 26.0 Å². The molecule has 6 nitrogen and oxygen atoms in total. The number of benzene rings is 1. The van der Waals surface area contributed by atoms with Gasteiger partial charge in [0.05, 0.1) is 0 Å². The number of hydrogen-bond acceptors (Lipinski definition) is 5. The van der Waals surface area contributed by atoms with Crippen LogP contribution < -0.4 is 5.32 Å². The Balaban J connectivity index is 1.69. The molecular weight excluding hydrogens is 314 g/mol. The van der Waals surface area contributed by atoms with Gasteiger partial charge in [-0.25, -0.2) is 9.97 Å². The zero-order valence-electron chi connectivity index (χ0n) is 15.1. The van der Waals surface area contributed by atoms with Gasteiger partial charge in [0.1, 0.15) is 5.69 Å². The van der Waals surface area contributed by atoms with E-state index in [0.29, 0.717) is 17.6 Å². The zero-order valence-corrected chi connectivity index (χ0v) is 15.1. The molecule has 0 radical (unpaired) electrons. The first kappa shape index (κ1) is 17.4. The predicted molar refractivity (Wildman–Crippen MR) is 99.2 cm³/mol. The molecule has 1 N–H and O–H groups in total. The number of nitrogens with zero attached hydrogens (tertiary/aromatic N) is 4. The van der Waals surface area contributed by atoms with Gasteiger partial charge in [-0.15, -0.1) is 0 Å². The van der Waals surface area contributed by atoms with E-state index >= 15 is 0 Å². The van der Waals surface area contributed by atoms with Crippen molar-refractivity contribution in [1.82, 2.24) is 19.8 Å². The smallest absolute Gasteiger partial charge is 0.272 e. The van der Waals surface area contributed by atoms with Crippen LogP contribution in [0.1, 0.15) is 35.8 Å². The highest BCUT2D eigenvalue weighted by molar-refractivity contribution is 5.92. The molecule has 25 heavy (non-hydrogen) atoms. The van der Waals surface area contributed by atoms with Crippen LogP contribution in [0.2, 0.25) is 0 Å². The lowest BCUT2D eigenvalue weighted by molar-refractivity contribution is 0.0658. The lowest BCUT2D eigenvalue weighted by Gasteiger charge is -2.32. The second-order valence-corrected chi connectivity index (χ2v) is 6.76. The van der Waals surface area contributed by atoms with E-state index < -0.39 is 0 Å². The van der Waals surface area contributed by atoms with Crippen molar-refractivity contribution >= 4 is 17.5 Å². The molecule has 1 amide bonds. The number of carbonyl (C=O) groups is 1. The van der Waals surface area contributed by atoms with Crippen LogP contribution in [0, 0.1) is 0 Å². The maximum Gasteiger partial charge on any atom is 0.272 e. The Labute approximate surface area is 148 Å². The van der Waals surface area contributed by atoms with Crippen molar-refractivity contribution in [3.05, 3.63) is 47.8 Å². The molecule has 1 aliphatic heterocycles. The SMILES string of the molecule is CC(C)c1ccc(Nc2nccc(C(=O)N3CCN(C)CC3)n2)cc1. The summed E-state index contributed by atoms with van der Waals surface area (Å²) in [7, 11) is 2.07. The molecule has 0 spiro atoms. The highest BCUT2D eigenvalue weighted by atomic mass is 16.2. The highest BCUT2D eigenvalue weighted by Gasteiger charge is 2.21. The van der Waals surface area contributed by atoms with Crippen LogP contribution >= 0.6 is 0 Å². The fourth-order valence-electron chi connectivity index (χ4n) is 2.79. The van der Waals surface area contributed by atoms with Crippen LogP contribution in [0.15, 0.2) is 36.5 Å². The van der Waals surface area contributed by atoms with Gasteiger partial charge >= 0.3 is 0 Å². The number of carbonyl (C=O) groups excluding carboxylic acids is 1. The van der Waals surface area contributed by atoms with Crippen LogP contribution in [0.4, 0.5) is 11.6 Å². The summed E-state index contributed by atoms with van der Waals surface area (Å²) >= 11 is 0. The van der Waals surface area contributed by atoms with Crippen molar-refractivity contribution in [1.29, 1.82) is 0 Å². The van der Waals surface area contributed by atoms with Crippen molar-refractivity contribution < 1.29 is 4.79 Å². The summed E-state index contributed by atoms with van der Waals surface area (Å²) in [5.74, 6) is 0.904. The van der Waals surface area contributed by atoms with Gasteiger partial charge in [0.25, 0.3) is 5.91 Å². The minimum atomic E-state index is -0.0336. The molecule has 0 aliphatic carbocycles. The Morgan fingerprint density at radius 3 is 2.40 bits per heavy atom. The normalized spacial score (nSPS) is 15.4. The molecule has 1 aromatic carbocycles. The number of likely N-dealkylation sites (N-methyl/N-ethyl adjacent to an activating group) is 1. The summed E-state index contributed by atoms with van der Waals surface area (Å²) in [5.41, 5.74) is 2.62. The van der Waals surface area contributed by atoms with Gasteiger partial charge in [-0.3, -0.25) is 4.79 Å². The van der Waals surface area contributed by atoms with Crippen LogP contribution in [0.25, 0.3) is 0 Å². The Morgan fingerprint density at radius 2 is 1.76 bits per heavy atom. The summed E-state index contributed by atoms with van der Waals surface area (Å²) in [6.45, 7) is 7.59. The molecule has 0 unspecified atom stereocenters. The van der Waals surface area contributed by atoms with Crippen molar-refractivity contribution in [2.75, 3.05) is 38.5 Å². The molecule has 1 aliphatic rings. The van der Waals surface area contributed by atoms with E-state index in [1.165, 1.54) is 5.56 Å². The molecule has 1 saturated heterocycles.